The van der Waals surface area contributed by atoms with E-state index in [1.165, 1.54) is 57.4 Å². The Bertz CT molecular complexity index is 182. The molecular formula is C15H31NSi. The van der Waals surface area contributed by atoms with Crippen molar-refractivity contribution in [2.45, 2.75) is 77.4 Å². The van der Waals surface area contributed by atoms with E-state index in [0.717, 1.165) is 0 Å². The van der Waals surface area contributed by atoms with Gasteiger partial charge in [-0.25, -0.2) is 0 Å². The second-order valence-electron chi connectivity index (χ2n) is 4.99. The lowest BCUT2D eigenvalue weighted by molar-refractivity contribution is 0.584. The third kappa shape index (κ3) is 25.6. The SMILES string of the molecule is C=CC#N.CCCCCCCCCC[SiH](C)C. The fourth-order valence-corrected chi connectivity index (χ4v) is 2.79. The third-order valence-corrected chi connectivity index (χ3v) is 4.29. The molecule has 0 saturated carbocycles. The fourth-order valence-electron chi connectivity index (χ4n) is 1.69. The molecule has 0 saturated heterocycles. The van der Waals surface area contributed by atoms with Crippen molar-refractivity contribution in [3.05, 3.63) is 12.7 Å². The molecule has 0 heterocycles. The Labute approximate surface area is 111 Å². The Morgan fingerprint density at radius 2 is 1.41 bits per heavy atom. The van der Waals surface area contributed by atoms with Crippen LogP contribution in [0.25, 0.3) is 0 Å². The lowest BCUT2D eigenvalue weighted by Crippen LogP contribution is -1.97. The van der Waals surface area contributed by atoms with Gasteiger partial charge in [0.2, 0.25) is 0 Å². The summed E-state index contributed by atoms with van der Waals surface area (Å²) >= 11 is 0. The summed E-state index contributed by atoms with van der Waals surface area (Å²) in [6.07, 6.45) is 12.9. The van der Waals surface area contributed by atoms with Gasteiger partial charge < -0.3 is 0 Å². The molecule has 0 atom stereocenters. The molecule has 0 N–H and O–H groups in total. The number of rotatable bonds is 9. The van der Waals surface area contributed by atoms with Crippen LogP contribution < -0.4 is 0 Å². The molecule has 0 unspecified atom stereocenters. The zero-order chi connectivity index (χ0) is 13.4. The molecule has 0 aromatic carbocycles. The summed E-state index contributed by atoms with van der Waals surface area (Å²) < 4.78 is 0. The number of allylic oxidation sites excluding steroid dienone is 1. The Morgan fingerprint density at radius 3 is 1.76 bits per heavy atom. The van der Waals surface area contributed by atoms with Crippen molar-refractivity contribution in [1.82, 2.24) is 0 Å². The van der Waals surface area contributed by atoms with Crippen LogP contribution in [-0.4, -0.2) is 8.80 Å². The number of hydrogen-bond acceptors (Lipinski definition) is 1. The van der Waals surface area contributed by atoms with E-state index in [2.05, 4.69) is 26.6 Å². The van der Waals surface area contributed by atoms with Crippen molar-refractivity contribution < 1.29 is 0 Å². The van der Waals surface area contributed by atoms with Crippen LogP contribution >= 0.6 is 0 Å². The van der Waals surface area contributed by atoms with Crippen molar-refractivity contribution >= 4 is 8.80 Å². The van der Waals surface area contributed by atoms with Gasteiger partial charge in [-0.1, -0.05) is 84.0 Å². The zero-order valence-corrected chi connectivity index (χ0v) is 13.3. The predicted octanol–water partition coefficient (Wildman–Crippen LogP) is 5.31. The first-order valence-corrected chi connectivity index (χ1v) is 10.3. The number of unbranched alkanes of at least 4 members (excludes halogenated alkanes) is 7. The summed E-state index contributed by atoms with van der Waals surface area (Å²) in [7, 11) is -0.240. The summed E-state index contributed by atoms with van der Waals surface area (Å²) in [5.74, 6) is 0. The topological polar surface area (TPSA) is 23.8 Å². The summed E-state index contributed by atoms with van der Waals surface area (Å²) in [6.45, 7) is 10.3. The van der Waals surface area contributed by atoms with E-state index in [4.69, 9.17) is 5.26 Å². The monoisotopic (exact) mass is 253 g/mol. The molecule has 0 aromatic rings. The molecule has 0 spiro atoms. The lowest BCUT2D eigenvalue weighted by Gasteiger charge is -2.03. The molecule has 100 valence electrons. The molecule has 2 heteroatoms. The van der Waals surface area contributed by atoms with Gasteiger partial charge in [0, 0.05) is 14.9 Å². The molecule has 0 bridgehead atoms. The van der Waals surface area contributed by atoms with E-state index < -0.39 is 0 Å². The molecule has 0 radical (unpaired) electrons. The molecule has 0 aliphatic heterocycles. The van der Waals surface area contributed by atoms with E-state index in [1.807, 2.05) is 0 Å². The smallest absolute Gasteiger partial charge is 0.0905 e. The third-order valence-electron chi connectivity index (χ3n) is 2.73. The van der Waals surface area contributed by atoms with Gasteiger partial charge in [0.05, 0.1) is 6.07 Å². The second kappa shape index (κ2) is 17.8. The van der Waals surface area contributed by atoms with Gasteiger partial charge in [0.1, 0.15) is 0 Å². The molecule has 0 aliphatic carbocycles. The Morgan fingerprint density at radius 1 is 1.00 bits per heavy atom. The van der Waals surface area contributed by atoms with E-state index in [1.54, 1.807) is 12.1 Å². The first-order valence-electron chi connectivity index (χ1n) is 7.19. The van der Waals surface area contributed by atoms with Crippen LogP contribution in [0.5, 0.6) is 0 Å². The Kier molecular flexibility index (Phi) is 19.7. The number of nitriles is 1. The zero-order valence-electron chi connectivity index (χ0n) is 12.2. The van der Waals surface area contributed by atoms with E-state index in [-0.39, 0.29) is 8.80 Å². The predicted molar refractivity (Wildman–Crippen MR) is 82.1 cm³/mol. The Hall–Kier alpha value is -0.553. The maximum Gasteiger partial charge on any atom is 0.0905 e. The molecule has 0 aromatic heterocycles. The molecular weight excluding hydrogens is 222 g/mol. The highest BCUT2D eigenvalue weighted by Crippen LogP contribution is 2.10. The highest BCUT2D eigenvalue weighted by molar-refractivity contribution is 6.55. The van der Waals surface area contributed by atoms with Crippen molar-refractivity contribution in [3.63, 3.8) is 0 Å². The normalized spacial score (nSPS) is 9.35. The van der Waals surface area contributed by atoms with Gasteiger partial charge in [0.25, 0.3) is 0 Å². The van der Waals surface area contributed by atoms with Crippen LogP contribution in [0, 0.1) is 11.3 Å². The van der Waals surface area contributed by atoms with Crippen molar-refractivity contribution in [1.29, 1.82) is 5.26 Å². The molecule has 0 aliphatic rings. The summed E-state index contributed by atoms with van der Waals surface area (Å²) in [4.78, 5) is 0. The van der Waals surface area contributed by atoms with Crippen LogP contribution in [0.3, 0.4) is 0 Å². The van der Waals surface area contributed by atoms with Crippen molar-refractivity contribution in [2.24, 2.45) is 0 Å². The van der Waals surface area contributed by atoms with E-state index in [0.29, 0.717) is 0 Å². The maximum atomic E-state index is 7.51. The first kappa shape index (κ1) is 18.8. The summed E-state index contributed by atoms with van der Waals surface area (Å²) in [6, 6.07) is 3.26. The van der Waals surface area contributed by atoms with Crippen LogP contribution in [0.1, 0.15) is 58.3 Å². The average molecular weight is 254 g/mol. The quantitative estimate of drug-likeness (QED) is 0.310. The van der Waals surface area contributed by atoms with Crippen LogP contribution in [-0.2, 0) is 0 Å². The van der Waals surface area contributed by atoms with Gasteiger partial charge in [-0.05, 0) is 0 Å². The summed E-state index contributed by atoms with van der Waals surface area (Å²) in [5.41, 5.74) is 0. The minimum Gasteiger partial charge on any atom is -0.193 e. The van der Waals surface area contributed by atoms with Gasteiger partial charge in [-0.2, -0.15) is 5.26 Å². The van der Waals surface area contributed by atoms with Gasteiger partial charge in [0.15, 0.2) is 0 Å². The first-order chi connectivity index (χ1) is 8.18. The Balaban J connectivity index is 0. The van der Waals surface area contributed by atoms with Crippen molar-refractivity contribution in [3.8, 4) is 6.07 Å². The molecule has 0 amide bonds. The minimum absolute atomic E-state index is 0.240. The molecule has 1 nitrogen and oxygen atoms in total. The van der Waals surface area contributed by atoms with E-state index in [9.17, 15) is 0 Å². The molecule has 17 heavy (non-hydrogen) atoms. The average Bonchev–Trinajstić information content (AvgIpc) is 2.32. The molecule has 0 rings (SSSR count). The van der Waals surface area contributed by atoms with Gasteiger partial charge >= 0.3 is 0 Å². The van der Waals surface area contributed by atoms with E-state index >= 15 is 0 Å². The standard InChI is InChI=1S/C12H28Si.C3H3N/c1-4-5-6-7-8-9-10-11-12-13(2)3;1-2-3-4/h13H,4-12H2,1-3H3;2H,1H2. The van der Waals surface area contributed by atoms with Gasteiger partial charge in [-0.3, -0.25) is 0 Å². The fraction of sp³-hybridized carbons (Fsp3) is 0.800. The maximum absolute atomic E-state index is 7.51. The minimum atomic E-state index is -0.240. The second-order valence-corrected chi connectivity index (χ2v) is 8.36. The highest BCUT2D eigenvalue weighted by atomic mass is 28.3. The van der Waals surface area contributed by atoms with Crippen LogP contribution in [0.4, 0.5) is 0 Å². The largest absolute Gasteiger partial charge is 0.193 e. The van der Waals surface area contributed by atoms with Crippen molar-refractivity contribution in [2.75, 3.05) is 0 Å². The highest BCUT2D eigenvalue weighted by Gasteiger charge is 1.95. The molecule has 0 fully saturated rings. The summed E-state index contributed by atoms with van der Waals surface area (Å²) in [5, 5.41) is 7.51. The van der Waals surface area contributed by atoms with Gasteiger partial charge in [-0.15, -0.1) is 0 Å². The van der Waals surface area contributed by atoms with Crippen LogP contribution in [0.15, 0.2) is 12.7 Å². The number of hydrogen-bond donors (Lipinski definition) is 0. The van der Waals surface area contributed by atoms with Crippen LogP contribution in [0.2, 0.25) is 19.1 Å². The lowest BCUT2D eigenvalue weighted by atomic mass is 10.1. The number of nitrogens with zero attached hydrogens (tertiary/aromatic N) is 1.